The molecule has 0 spiro atoms. The standard InChI is InChI=1S/C20H20FN3O2/c1-14-4-3-5-15(12-14)19-18(20(25)22-10-11-26-2)13-24(23-19)17-8-6-16(21)7-9-17/h3-9,12-13H,10-11H2,1-2H3,(H,22,25). The van der Waals surface area contributed by atoms with Gasteiger partial charge in [-0.25, -0.2) is 9.07 Å². The highest BCUT2D eigenvalue weighted by Crippen LogP contribution is 2.24. The van der Waals surface area contributed by atoms with Crippen molar-refractivity contribution in [3.63, 3.8) is 0 Å². The molecule has 1 amide bonds. The van der Waals surface area contributed by atoms with Gasteiger partial charge in [-0.1, -0.05) is 23.8 Å². The molecule has 0 aliphatic rings. The zero-order chi connectivity index (χ0) is 18.5. The number of benzene rings is 2. The van der Waals surface area contributed by atoms with Crippen LogP contribution in [-0.2, 0) is 4.74 Å². The third-order valence-electron chi connectivity index (χ3n) is 3.93. The van der Waals surface area contributed by atoms with Crippen molar-refractivity contribution in [3.8, 4) is 16.9 Å². The predicted molar refractivity (Wildman–Crippen MR) is 97.9 cm³/mol. The number of carbonyl (C=O) groups excluding carboxylic acids is 1. The van der Waals surface area contributed by atoms with Crippen LogP contribution in [0.4, 0.5) is 4.39 Å². The molecular formula is C20H20FN3O2. The number of rotatable bonds is 6. The van der Waals surface area contributed by atoms with Crippen molar-refractivity contribution in [2.24, 2.45) is 0 Å². The molecule has 1 heterocycles. The Morgan fingerprint density at radius 3 is 2.69 bits per heavy atom. The molecule has 1 N–H and O–H groups in total. The lowest BCUT2D eigenvalue weighted by atomic mass is 10.1. The molecule has 1 aromatic heterocycles. The molecule has 0 radical (unpaired) electrons. The van der Waals surface area contributed by atoms with Gasteiger partial charge in [0.2, 0.25) is 0 Å². The van der Waals surface area contributed by atoms with Gasteiger partial charge in [-0.15, -0.1) is 0 Å². The number of halogens is 1. The third kappa shape index (κ3) is 3.97. The normalized spacial score (nSPS) is 10.7. The van der Waals surface area contributed by atoms with Crippen molar-refractivity contribution >= 4 is 5.91 Å². The highest BCUT2D eigenvalue weighted by Gasteiger charge is 2.18. The van der Waals surface area contributed by atoms with Crippen molar-refractivity contribution in [1.29, 1.82) is 0 Å². The van der Waals surface area contributed by atoms with E-state index in [0.29, 0.717) is 30.1 Å². The Morgan fingerprint density at radius 2 is 2.00 bits per heavy atom. The summed E-state index contributed by atoms with van der Waals surface area (Å²) in [6, 6.07) is 13.8. The lowest BCUT2D eigenvalue weighted by Crippen LogP contribution is -2.27. The van der Waals surface area contributed by atoms with Crippen LogP contribution < -0.4 is 5.32 Å². The summed E-state index contributed by atoms with van der Waals surface area (Å²) in [4.78, 5) is 12.6. The summed E-state index contributed by atoms with van der Waals surface area (Å²) in [7, 11) is 1.58. The van der Waals surface area contributed by atoms with E-state index < -0.39 is 0 Å². The molecule has 0 aliphatic carbocycles. The first-order valence-electron chi connectivity index (χ1n) is 8.28. The van der Waals surface area contributed by atoms with Crippen LogP contribution in [0.15, 0.2) is 54.7 Å². The van der Waals surface area contributed by atoms with E-state index in [-0.39, 0.29) is 11.7 Å². The Kier molecular flexibility index (Phi) is 5.43. The summed E-state index contributed by atoms with van der Waals surface area (Å²) >= 11 is 0. The van der Waals surface area contributed by atoms with Crippen LogP contribution in [0.1, 0.15) is 15.9 Å². The van der Waals surface area contributed by atoms with Crippen molar-refractivity contribution in [1.82, 2.24) is 15.1 Å². The van der Waals surface area contributed by atoms with E-state index in [9.17, 15) is 9.18 Å². The molecule has 0 aliphatic heterocycles. The van der Waals surface area contributed by atoms with Gasteiger partial charge in [0.15, 0.2) is 0 Å². The molecule has 0 saturated heterocycles. The zero-order valence-corrected chi connectivity index (χ0v) is 14.7. The monoisotopic (exact) mass is 353 g/mol. The lowest BCUT2D eigenvalue weighted by molar-refractivity contribution is 0.0937. The molecule has 3 rings (SSSR count). The first kappa shape index (κ1) is 17.8. The van der Waals surface area contributed by atoms with Crippen LogP contribution in [0, 0.1) is 12.7 Å². The van der Waals surface area contributed by atoms with Crippen LogP contribution in [0.3, 0.4) is 0 Å². The van der Waals surface area contributed by atoms with Crippen molar-refractivity contribution in [2.75, 3.05) is 20.3 Å². The van der Waals surface area contributed by atoms with E-state index >= 15 is 0 Å². The van der Waals surface area contributed by atoms with E-state index in [0.717, 1.165) is 11.1 Å². The van der Waals surface area contributed by atoms with Gasteiger partial charge in [-0.3, -0.25) is 4.79 Å². The number of ether oxygens (including phenoxy) is 1. The fraction of sp³-hybridized carbons (Fsp3) is 0.200. The summed E-state index contributed by atoms with van der Waals surface area (Å²) in [6.45, 7) is 2.82. The minimum Gasteiger partial charge on any atom is -0.383 e. The molecule has 0 bridgehead atoms. The van der Waals surface area contributed by atoms with Crippen LogP contribution >= 0.6 is 0 Å². The molecule has 0 fully saturated rings. The maximum atomic E-state index is 13.2. The van der Waals surface area contributed by atoms with Crippen LogP contribution in [0.25, 0.3) is 16.9 Å². The molecule has 2 aromatic carbocycles. The summed E-state index contributed by atoms with van der Waals surface area (Å²) in [5.74, 6) is -0.552. The van der Waals surface area contributed by atoms with Gasteiger partial charge in [-0.05, 0) is 37.3 Å². The molecule has 0 atom stereocenters. The maximum absolute atomic E-state index is 13.2. The third-order valence-corrected chi connectivity index (χ3v) is 3.93. The molecule has 0 unspecified atom stereocenters. The molecule has 26 heavy (non-hydrogen) atoms. The van der Waals surface area contributed by atoms with E-state index in [1.807, 2.05) is 31.2 Å². The number of aromatic nitrogens is 2. The van der Waals surface area contributed by atoms with E-state index in [1.54, 1.807) is 30.1 Å². The fourth-order valence-corrected chi connectivity index (χ4v) is 2.63. The average Bonchev–Trinajstić information content (AvgIpc) is 3.08. The number of hydrogen-bond donors (Lipinski definition) is 1. The number of hydrogen-bond acceptors (Lipinski definition) is 3. The highest BCUT2D eigenvalue weighted by molar-refractivity contribution is 6.00. The van der Waals surface area contributed by atoms with Gasteiger partial charge in [0.05, 0.1) is 17.9 Å². The van der Waals surface area contributed by atoms with E-state index in [2.05, 4.69) is 10.4 Å². The Morgan fingerprint density at radius 1 is 1.23 bits per heavy atom. The summed E-state index contributed by atoms with van der Waals surface area (Å²) in [5, 5.41) is 7.39. The van der Waals surface area contributed by atoms with Gasteiger partial charge >= 0.3 is 0 Å². The summed E-state index contributed by atoms with van der Waals surface area (Å²) in [5.41, 5.74) is 3.63. The van der Waals surface area contributed by atoms with Gasteiger partial charge in [0.1, 0.15) is 11.5 Å². The second kappa shape index (κ2) is 7.93. The largest absolute Gasteiger partial charge is 0.383 e. The minimum atomic E-state index is -0.322. The summed E-state index contributed by atoms with van der Waals surface area (Å²) in [6.07, 6.45) is 1.66. The second-order valence-corrected chi connectivity index (χ2v) is 5.93. The molecule has 6 heteroatoms. The van der Waals surface area contributed by atoms with Crippen LogP contribution in [0.5, 0.6) is 0 Å². The predicted octanol–water partition coefficient (Wildman–Crippen LogP) is 3.36. The second-order valence-electron chi connectivity index (χ2n) is 5.93. The maximum Gasteiger partial charge on any atom is 0.255 e. The van der Waals surface area contributed by atoms with Crippen molar-refractivity contribution in [3.05, 3.63) is 71.7 Å². The number of carbonyl (C=O) groups is 1. The first-order chi connectivity index (χ1) is 12.6. The Labute approximate surface area is 151 Å². The smallest absolute Gasteiger partial charge is 0.255 e. The van der Waals surface area contributed by atoms with E-state index in [4.69, 9.17) is 4.74 Å². The Bertz CT molecular complexity index is 904. The fourth-order valence-electron chi connectivity index (χ4n) is 2.63. The molecule has 5 nitrogen and oxygen atoms in total. The minimum absolute atomic E-state index is 0.230. The Balaban J connectivity index is 2.02. The van der Waals surface area contributed by atoms with Gasteiger partial charge in [0.25, 0.3) is 5.91 Å². The quantitative estimate of drug-likeness (QED) is 0.692. The SMILES string of the molecule is COCCNC(=O)c1cn(-c2ccc(F)cc2)nc1-c1cccc(C)c1. The number of nitrogens with zero attached hydrogens (tertiary/aromatic N) is 2. The van der Waals surface area contributed by atoms with Crippen molar-refractivity contribution in [2.45, 2.75) is 6.92 Å². The molecule has 3 aromatic rings. The van der Waals surface area contributed by atoms with Crippen LogP contribution in [-0.4, -0.2) is 35.9 Å². The molecule has 0 saturated carbocycles. The highest BCUT2D eigenvalue weighted by atomic mass is 19.1. The lowest BCUT2D eigenvalue weighted by Gasteiger charge is -2.05. The van der Waals surface area contributed by atoms with Gasteiger partial charge in [0, 0.05) is 25.4 Å². The first-order valence-corrected chi connectivity index (χ1v) is 8.28. The zero-order valence-electron chi connectivity index (χ0n) is 14.7. The number of amides is 1. The summed E-state index contributed by atoms with van der Waals surface area (Å²) < 4.78 is 19.8. The molecular weight excluding hydrogens is 333 g/mol. The van der Waals surface area contributed by atoms with Crippen molar-refractivity contribution < 1.29 is 13.9 Å². The molecule has 134 valence electrons. The Hall–Kier alpha value is -2.99. The topological polar surface area (TPSA) is 56.1 Å². The number of nitrogens with one attached hydrogen (secondary N) is 1. The number of aryl methyl sites for hydroxylation is 1. The van der Waals surface area contributed by atoms with Crippen LogP contribution in [0.2, 0.25) is 0 Å². The van der Waals surface area contributed by atoms with Gasteiger partial charge in [-0.2, -0.15) is 5.10 Å². The average molecular weight is 353 g/mol. The number of methoxy groups -OCH3 is 1. The van der Waals surface area contributed by atoms with Gasteiger partial charge < -0.3 is 10.1 Å². The van der Waals surface area contributed by atoms with E-state index in [1.165, 1.54) is 12.1 Å².